The van der Waals surface area contributed by atoms with Gasteiger partial charge < -0.3 is 4.74 Å². The lowest BCUT2D eigenvalue weighted by atomic mass is 9.96. The Balaban J connectivity index is 1.46. The molecule has 0 spiro atoms. The molecule has 40 heavy (non-hydrogen) atoms. The van der Waals surface area contributed by atoms with Gasteiger partial charge in [0, 0.05) is 23.2 Å². The van der Waals surface area contributed by atoms with Crippen LogP contribution < -0.4 is 4.74 Å². The summed E-state index contributed by atoms with van der Waals surface area (Å²) in [5, 5.41) is 3.83. The molecule has 0 N–H and O–H groups in total. The highest BCUT2D eigenvalue weighted by Gasteiger charge is 2.35. The van der Waals surface area contributed by atoms with Gasteiger partial charge in [-0.3, -0.25) is 4.79 Å². The Labute approximate surface area is 231 Å². The van der Waals surface area contributed by atoms with E-state index in [1.807, 2.05) is 45.0 Å². The molecule has 9 heteroatoms. The molecule has 2 aromatic heterocycles. The van der Waals surface area contributed by atoms with E-state index in [1.165, 1.54) is 4.68 Å². The Hall–Kier alpha value is -4.01. The van der Waals surface area contributed by atoms with Crippen LogP contribution in [0.15, 0.2) is 54.6 Å². The fourth-order valence-electron chi connectivity index (χ4n) is 4.97. The van der Waals surface area contributed by atoms with Crippen molar-refractivity contribution in [2.45, 2.75) is 71.6 Å². The monoisotopic (exact) mass is 548 g/mol. The molecule has 0 saturated heterocycles. The van der Waals surface area contributed by atoms with Gasteiger partial charge in [0.2, 0.25) is 5.88 Å². The van der Waals surface area contributed by atoms with Crippen LogP contribution in [0, 0.1) is 0 Å². The first-order valence-corrected chi connectivity index (χ1v) is 13.4. The second-order valence-electron chi connectivity index (χ2n) is 10.7. The third kappa shape index (κ3) is 5.24. The zero-order valence-corrected chi connectivity index (χ0v) is 23.1. The number of hydrogen-bond donors (Lipinski definition) is 0. The minimum Gasteiger partial charge on any atom is -0.469 e. The second kappa shape index (κ2) is 10.5. The maximum atomic E-state index is 13.3. The van der Waals surface area contributed by atoms with Gasteiger partial charge in [-0.15, -0.1) is 0 Å². The summed E-state index contributed by atoms with van der Waals surface area (Å²) in [4.78, 5) is 22.1. The number of ketones is 1. The number of rotatable bonds is 7. The molecule has 4 aromatic rings. The first-order chi connectivity index (χ1) is 18.9. The van der Waals surface area contributed by atoms with Crippen LogP contribution in [-0.4, -0.2) is 25.5 Å². The Bertz CT molecular complexity index is 1560. The number of Topliss-reactive ketones (excluding diaryl/α,β-unsaturated/α-hetero) is 1. The molecule has 2 aromatic carbocycles. The zero-order chi connectivity index (χ0) is 28.8. The minimum atomic E-state index is -4.52. The summed E-state index contributed by atoms with van der Waals surface area (Å²) < 4.78 is 47.7. The van der Waals surface area contributed by atoms with Crippen LogP contribution >= 0.6 is 0 Å². The summed E-state index contributed by atoms with van der Waals surface area (Å²) in [6.45, 7) is 9.72. The van der Waals surface area contributed by atoms with E-state index in [1.54, 1.807) is 24.3 Å². The van der Waals surface area contributed by atoms with E-state index in [9.17, 15) is 18.0 Å². The van der Waals surface area contributed by atoms with Crippen molar-refractivity contribution in [1.29, 1.82) is 0 Å². The summed E-state index contributed by atoms with van der Waals surface area (Å²) in [6.07, 6.45) is -4.09. The van der Waals surface area contributed by atoms with Gasteiger partial charge in [-0.1, -0.05) is 64.1 Å². The Morgan fingerprint density at radius 2 is 1.60 bits per heavy atom. The van der Waals surface area contributed by atoms with Crippen molar-refractivity contribution >= 4 is 5.78 Å². The highest BCUT2D eigenvalue weighted by atomic mass is 19.4. The average Bonchev–Trinajstić information content (AvgIpc) is 3.54. The first kappa shape index (κ1) is 27.6. The molecule has 1 atom stereocenters. The molecule has 2 heterocycles. The number of benzene rings is 2. The Morgan fingerprint density at radius 1 is 0.900 bits per heavy atom. The number of ether oxygens (including phenoxy) is 1. The van der Waals surface area contributed by atoms with Gasteiger partial charge in [0.25, 0.3) is 0 Å². The molecule has 5 rings (SSSR count). The largest absolute Gasteiger partial charge is 0.469 e. The number of carbonyl (C=O) groups is 1. The molecule has 0 bridgehead atoms. The van der Waals surface area contributed by atoms with Gasteiger partial charge in [-0.2, -0.15) is 23.3 Å². The van der Waals surface area contributed by atoms with Crippen molar-refractivity contribution in [3.8, 4) is 23.0 Å². The molecule has 0 saturated carbocycles. The molecule has 1 aliphatic carbocycles. The van der Waals surface area contributed by atoms with Crippen LogP contribution in [0.2, 0.25) is 0 Å². The molecule has 1 unspecified atom stereocenters. The van der Waals surface area contributed by atoms with E-state index < -0.39 is 18.0 Å². The molecule has 0 radical (unpaired) electrons. The Kier molecular flexibility index (Phi) is 7.25. The minimum absolute atomic E-state index is 0.0269. The topological polar surface area (TPSA) is 69.9 Å². The molecular weight excluding hydrogens is 517 g/mol. The molecule has 0 fully saturated rings. The van der Waals surface area contributed by atoms with Crippen LogP contribution in [0.25, 0.3) is 17.1 Å². The highest BCUT2D eigenvalue weighted by Crippen LogP contribution is 2.36. The predicted molar refractivity (Wildman–Crippen MR) is 146 cm³/mol. The normalized spacial score (nSPS) is 14.2. The number of hydrogen-bond acceptors (Lipinski definition) is 5. The predicted octanol–water partition coefficient (Wildman–Crippen LogP) is 7.86. The number of nitrogens with zero attached hydrogens (tertiary/aromatic N) is 4. The van der Waals surface area contributed by atoms with Crippen molar-refractivity contribution in [2.75, 3.05) is 0 Å². The summed E-state index contributed by atoms with van der Waals surface area (Å²) >= 11 is 0. The number of carbonyl (C=O) groups excluding carboxylic acids is 1. The lowest BCUT2D eigenvalue weighted by Gasteiger charge is -2.19. The molecule has 6 nitrogen and oxygen atoms in total. The fraction of sp³-hybridized carbons (Fsp3) is 0.355. The molecular formula is C31H31F3N4O2. The van der Waals surface area contributed by atoms with Crippen LogP contribution in [0.1, 0.15) is 97.5 Å². The van der Waals surface area contributed by atoms with E-state index in [-0.39, 0.29) is 17.6 Å². The van der Waals surface area contributed by atoms with Gasteiger partial charge in [0.1, 0.15) is 11.8 Å². The van der Waals surface area contributed by atoms with Crippen molar-refractivity contribution < 1.29 is 22.7 Å². The van der Waals surface area contributed by atoms with Gasteiger partial charge in [-0.05, 0) is 54.5 Å². The lowest BCUT2D eigenvalue weighted by molar-refractivity contribution is -0.141. The van der Waals surface area contributed by atoms with Crippen LogP contribution in [-0.2, 0) is 12.6 Å². The number of aromatic nitrogens is 4. The summed E-state index contributed by atoms with van der Waals surface area (Å²) in [7, 11) is 0. The van der Waals surface area contributed by atoms with Crippen LogP contribution in [0.3, 0.4) is 0 Å². The molecule has 0 amide bonds. The summed E-state index contributed by atoms with van der Waals surface area (Å²) in [5.41, 5.74) is 3.93. The number of fused-ring (bicyclic) bond motifs is 1. The van der Waals surface area contributed by atoms with Crippen molar-refractivity contribution in [3.63, 3.8) is 0 Å². The number of halogens is 3. The second-order valence-corrected chi connectivity index (χ2v) is 10.7. The number of alkyl halides is 3. The zero-order valence-electron chi connectivity index (χ0n) is 23.1. The Morgan fingerprint density at radius 3 is 2.25 bits per heavy atom. The standard InChI is InChI=1S/C31H31F3N4O2/c1-17(2)22-8-6-7-9-23(22)29-35-28-24(14-15-26(28)39)30(36-29)40-19(5)20-10-12-21(13-11-20)38-25(18(3)4)16-27(37-38)31(32,33)34/h6-13,16-19H,14-15H2,1-5H3. The first-order valence-electron chi connectivity index (χ1n) is 13.4. The maximum Gasteiger partial charge on any atom is 0.435 e. The van der Waals surface area contributed by atoms with Gasteiger partial charge in [-0.25, -0.2) is 9.67 Å². The van der Waals surface area contributed by atoms with Gasteiger partial charge in [0.05, 0.1) is 5.69 Å². The maximum absolute atomic E-state index is 13.3. The third-order valence-electron chi connectivity index (χ3n) is 7.17. The van der Waals surface area contributed by atoms with Gasteiger partial charge >= 0.3 is 6.18 Å². The van der Waals surface area contributed by atoms with Crippen molar-refractivity contribution in [2.24, 2.45) is 0 Å². The third-order valence-corrected chi connectivity index (χ3v) is 7.17. The van der Waals surface area contributed by atoms with Crippen LogP contribution in [0.5, 0.6) is 5.88 Å². The highest BCUT2D eigenvalue weighted by molar-refractivity contribution is 5.99. The van der Waals surface area contributed by atoms with E-state index in [0.29, 0.717) is 47.2 Å². The van der Waals surface area contributed by atoms with E-state index in [4.69, 9.17) is 9.72 Å². The van der Waals surface area contributed by atoms with E-state index >= 15 is 0 Å². The quantitative estimate of drug-likeness (QED) is 0.235. The fourth-order valence-corrected chi connectivity index (χ4v) is 4.97. The van der Waals surface area contributed by atoms with Crippen molar-refractivity contribution in [3.05, 3.63) is 88.4 Å². The summed E-state index contributed by atoms with van der Waals surface area (Å²) in [5.74, 6) is 0.897. The lowest BCUT2D eigenvalue weighted by Crippen LogP contribution is -2.10. The smallest absolute Gasteiger partial charge is 0.435 e. The van der Waals surface area contributed by atoms with Gasteiger partial charge in [0.15, 0.2) is 17.3 Å². The SMILES string of the molecule is CC(C)c1ccccc1-c1nc(OC(C)c2ccc(-n3nc(C(F)(F)F)cc3C(C)C)cc2)c2c(n1)C(=O)CC2. The van der Waals surface area contributed by atoms with Crippen LogP contribution in [0.4, 0.5) is 13.2 Å². The average molecular weight is 549 g/mol. The summed E-state index contributed by atoms with van der Waals surface area (Å²) in [6, 6.07) is 16.0. The molecule has 1 aliphatic rings. The molecule has 0 aliphatic heterocycles. The molecule has 208 valence electrons. The van der Waals surface area contributed by atoms with E-state index in [2.05, 4.69) is 23.9 Å². The van der Waals surface area contributed by atoms with Crippen molar-refractivity contribution in [1.82, 2.24) is 19.7 Å². The van der Waals surface area contributed by atoms with E-state index in [0.717, 1.165) is 22.8 Å².